The number of hydrogen-bond acceptors (Lipinski definition) is 4. The van der Waals surface area contributed by atoms with E-state index in [1.165, 1.54) is 34.9 Å². The van der Waals surface area contributed by atoms with Gasteiger partial charge in [0.05, 0.1) is 7.11 Å². The Morgan fingerprint density at radius 1 is 1.06 bits per heavy atom. The van der Waals surface area contributed by atoms with E-state index in [0.29, 0.717) is 17.0 Å². The van der Waals surface area contributed by atoms with E-state index in [4.69, 9.17) is 4.74 Å². The van der Waals surface area contributed by atoms with Crippen molar-refractivity contribution in [3.63, 3.8) is 0 Å². The van der Waals surface area contributed by atoms with Crippen molar-refractivity contribution in [2.24, 2.45) is 0 Å². The van der Waals surface area contributed by atoms with E-state index >= 15 is 0 Å². The van der Waals surface area contributed by atoms with Crippen molar-refractivity contribution < 1.29 is 14.6 Å². The highest BCUT2D eigenvalue weighted by Crippen LogP contribution is 2.25. The third-order valence-electron chi connectivity index (χ3n) is 4.79. The van der Waals surface area contributed by atoms with Crippen molar-refractivity contribution in [1.29, 1.82) is 5.26 Å². The quantitative estimate of drug-likeness (QED) is 0.333. The Balaban J connectivity index is 1.82. The predicted octanol–water partition coefficient (Wildman–Crippen LogP) is 5.15. The van der Waals surface area contributed by atoms with Crippen LogP contribution in [0, 0.1) is 25.2 Å². The highest BCUT2D eigenvalue weighted by Gasteiger charge is 2.11. The van der Waals surface area contributed by atoms with Gasteiger partial charge in [-0.05, 0) is 66.9 Å². The highest BCUT2D eigenvalue weighted by atomic mass is 16.5. The maximum atomic E-state index is 12.5. The first-order valence-electron chi connectivity index (χ1n) is 9.84. The molecule has 0 radical (unpaired) electrons. The normalized spacial score (nSPS) is 11.0. The van der Waals surface area contributed by atoms with Gasteiger partial charge in [-0.1, -0.05) is 41.5 Å². The zero-order chi connectivity index (χ0) is 22.4. The molecule has 0 unspecified atom stereocenters. The topological polar surface area (TPSA) is 82.3 Å². The third kappa shape index (κ3) is 5.74. The van der Waals surface area contributed by atoms with Gasteiger partial charge in [0.2, 0.25) is 0 Å². The van der Waals surface area contributed by atoms with Crippen molar-refractivity contribution in [3.8, 4) is 17.6 Å². The van der Waals surface area contributed by atoms with Crippen LogP contribution in [0.25, 0.3) is 6.08 Å². The second-order valence-corrected chi connectivity index (χ2v) is 7.41. The van der Waals surface area contributed by atoms with Gasteiger partial charge in [-0.25, -0.2) is 0 Å². The molecule has 0 aliphatic rings. The van der Waals surface area contributed by atoms with Gasteiger partial charge < -0.3 is 15.2 Å². The largest absolute Gasteiger partial charge is 0.508 e. The summed E-state index contributed by atoms with van der Waals surface area (Å²) in [6.45, 7) is 4.16. The molecular formula is C26H24N2O3. The van der Waals surface area contributed by atoms with Crippen molar-refractivity contribution in [1.82, 2.24) is 0 Å². The molecule has 3 rings (SSSR count). The average Bonchev–Trinajstić information content (AvgIpc) is 2.73. The minimum atomic E-state index is -0.522. The summed E-state index contributed by atoms with van der Waals surface area (Å²) in [6.07, 6.45) is 2.25. The molecule has 31 heavy (non-hydrogen) atoms. The number of nitrogens with one attached hydrogen (secondary N) is 1. The van der Waals surface area contributed by atoms with E-state index in [0.717, 1.165) is 12.0 Å². The van der Waals surface area contributed by atoms with Crippen LogP contribution in [0.1, 0.15) is 27.8 Å². The van der Waals surface area contributed by atoms with E-state index < -0.39 is 5.91 Å². The summed E-state index contributed by atoms with van der Waals surface area (Å²) in [5, 5.41) is 21.5. The smallest absolute Gasteiger partial charge is 0.266 e. The van der Waals surface area contributed by atoms with E-state index in [1.54, 1.807) is 19.2 Å². The summed E-state index contributed by atoms with van der Waals surface area (Å²) in [5.74, 6) is 0.276. The van der Waals surface area contributed by atoms with Crippen LogP contribution in [0.4, 0.5) is 5.69 Å². The van der Waals surface area contributed by atoms with Crippen LogP contribution in [0.2, 0.25) is 0 Å². The molecule has 5 nitrogen and oxygen atoms in total. The van der Waals surface area contributed by atoms with Gasteiger partial charge in [-0.15, -0.1) is 0 Å². The Hall–Kier alpha value is -4.04. The Bertz CT molecular complexity index is 1150. The highest BCUT2D eigenvalue weighted by molar-refractivity contribution is 6.09. The summed E-state index contributed by atoms with van der Waals surface area (Å²) in [4.78, 5) is 12.5. The van der Waals surface area contributed by atoms with Crippen LogP contribution < -0.4 is 10.1 Å². The summed E-state index contributed by atoms with van der Waals surface area (Å²) in [5.41, 5.74) is 5.81. The number of nitriles is 1. The summed E-state index contributed by atoms with van der Waals surface area (Å²) >= 11 is 0. The van der Waals surface area contributed by atoms with Gasteiger partial charge in [0, 0.05) is 12.1 Å². The lowest BCUT2D eigenvalue weighted by Crippen LogP contribution is -2.13. The first-order valence-corrected chi connectivity index (χ1v) is 9.84. The number of carbonyl (C=O) groups is 1. The zero-order valence-corrected chi connectivity index (χ0v) is 17.8. The van der Waals surface area contributed by atoms with Crippen LogP contribution in [-0.4, -0.2) is 18.1 Å². The Morgan fingerprint density at radius 3 is 2.35 bits per heavy atom. The number of methoxy groups -OCH3 is 1. The van der Waals surface area contributed by atoms with Gasteiger partial charge in [0.1, 0.15) is 23.1 Å². The lowest BCUT2D eigenvalue weighted by molar-refractivity contribution is -0.112. The lowest BCUT2D eigenvalue weighted by atomic mass is 9.98. The molecule has 0 aliphatic heterocycles. The number of amides is 1. The number of hydrogen-bond donors (Lipinski definition) is 2. The van der Waals surface area contributed by atoms with Crippen molar-refractivity contribution in [2.45, 2.75) is 20.3 Å². The number of ether oxygens (including phenoxy) is 1. The molecule has 1 amide bonds. The van der Waals surface area contributed by atoms with E-state index in [-0.39, 0.29) is 11.3 Å². The van der Waals surface area contributed by atoms with Gasteiger partial charge in [-0.3, -0.25) is 4.79 Å². The second-order valence-electron chi connectivity index (χ2n) is 7.41. The molecule has 0 aromatic heterocycles. The minimum Gasteiger partial charge on any atom is -0.508 e. The van der Waals surface area contributed by atoms with Gasteiger partial charge in [-0.2, -0.15) is 5.26 Å². The second kappa shape index (κ2) is 9.64. The fourth-order valence-electron chi connectivity index (χ4n) is 3.45. The third-order valence-corrected chi connectivity index (χ3v) is 4.79. The lowest BCUT2D eigenvalue weighted by Gasteiger charge is -2.11. The number of carbonyl (C=O) groups excluding carboxylic acids is 1. The van der Waals surface area contributed by atoms with Gasteiger partial charge in [0.15, 0.2) is 0 Å². The SMILES string of the molecule is COc1cc(/C=C(\C#N)C(=O)Nc2ccc(O)cc2)ccc1Cc1cc(C)cc(C)c1. The Labute approximate surface area is 182 Å². The van der Waals surface area contributed by atoms with E-state index in [9.17, 15) is 15.2 Å². The number of aromatic hydroxyl groups is 1. The molecule has 5 heteroatoms. The van der Waals surface area contributed by atoms with Crippen molar-refractivity contribution in [2.75, 3.05) is 12.4 Å². The molecule has 0 bridgehead atoms. The first kappa shape index (κ1) is 21.7. The fraction of sp³-hybridized carbons (Fsp3) is 0.154. The maximum absolute atomic E-state index is 12.5. The molecule has 156 valence electrons. The number of phenols is 1. The molecule has 0 fully saturated rings. The average molecular weight is 412 g/mol. The number of benzene rings is 3. The van der Waals surface area contributed by atoms with E-state index in [1.807, 2.05) is 24.3 Å². The summed E-state index contributed by atoms with van der Waals surface area (Å²) in [6, 6.07) is 20.1. The van der Waals surface area contributed by atoms with Gasteiger partial charge in [0.25, 0.3) is 5.91 Å². The van der Waals surface area contributed by atoms with Crippen LogP contribution in [0.5, 0.6) is 11.5 Å². The van der Waals surface area contributed by atoms with Crippen molar-refractivity contribution in [3.05, 3.63) is 94.1 Å². The molecule has 0 spiro atoms. The molecule has 0 saturated heterocycles. The molecule has 2 N–H and O–H groups in total. The fourth-order valence-corrected chi connectivity index (χ4v) is 3.45. The van der Waals surface area contributed by atoms with Crippen LogP contribution >= 0.6 is 0 Å². The van der Waals surface area contributed by atoms with Gasteiger partial charge >= 0.3 is 0 Å². The number of phenolic OH excluding ortho intramolecular Hbond substituents is 1. The van der Waals surface area contributed by atoms with Crippen LogP contribution in [0.15, 0.2) is 66.2 Å². The molecule has 0 heterocycles. The number of nitrogens with zero attached hydrogens (tertiary/aromatic N) is 1. The van der Waals surface area contributed by atoms with E-state index in [2.05, 4.69) is 37.4 Å². The zero-order valence-electron chi connectivity index (χ0n) is 17.8. The monoisotopic (exact) mass is 412 g/mol. The predicted molar refractivity (Wildman–Crippen MR) is 122 cm³/mol. The number of aryl methyl sites for hydroxylation is 2. The Kier molecular flexibility index (Phi) is 6.74. The number of rotatable bonds is 6. The molecule has 3 aromatic rings. The molecular weight excluding hydrogens is 388 g/mol. The molecule has 0 aliphatic carbocycles. The summed E-state index contributed by atoms with van der Waals surface area (Å²) in [7, 11) is 1.61. The molecule has 0 atom stereocenters. The van der Waals surface area contributed by atoms with Crippen LogP contribution in [-0.2, 0) is 11.2 Å². The minimum absolute atomic E-state index is 0.0304. The first-order chi connectivity index (χ1) is 14.9. The standard InChI is InChI=1S/C26H24N2O3/c1-17-10-18(2)12-20(11-17)14-21-5-4-19(15-25(21)31-3)13-22(16-27)26(30)28-23-6-8-24(29)9-7-23/h4-13,15,29H,14H2,1-3H3,(H,28,30)/b22-13+. The maximum Gasteiger partial charge on any atom is 0.266 e. The van der Waals surface area contributed by atoms with Crippen molar-refractivity contribution >= 4 is 17.7 Å². The molecule has 0 saturated carbocycles. The van der Waals surface area contributed by atoms with Crippen LogP contribution in [0.3, 0.4) is 0 Å². The Morgan fingerprint density at radius 2 is 1.74 bits per heavy atom. The number of anilines is 1. The summed E-state index contributed by atoms with van der Waals surface area (Å²) < 4.78 is 5.56. The molecule has 3 aromatic carbocycles.